The molecule has 0 aliphatic heterocycles. The smallest absolute Gasteiger partial charge is 0.306 e. The second-order valence-corrected chi connectivity index (χ2v) is 18.2. The molecule has 0 radical (unpaired) electrons. The third kappa shape index (κ3) is 45.9. The number of amides is 1. The van der Waals surface area contributed by atoms with E-state index in [-0.39, 0.29) is 24.9 Å². The number of carbonyl (C=O) groups is 2. The van der Waals surface area contributed by atoms with E-state index in [1.54, 1.807) is 0 Å². The van der Waals surface area contributed by atoms with Gasteiger partial charge in [0.15, 0.2) is 0 Å². The molecule has 6 nitrogen and oxygen atoms in total. The van der Waals surface area contributed by atoms with Gasteiger partial charge in [-0.1, -0.05) is 222 Å². The lowest BCUT2D eigenvalue weighted by Crippen LogP contribution is -2.46. The fourth-order valence-electron chi connectivity index (χ4n) is 7.92. The molecule has 0 spiro atoms. The van der Waals surface area contributed by atoms with E-state index in [0.29, 0.717) is 19.3 Å². The van der Waals surface area contributed by atoms with Crippen LogP contribution in [0.25, 0.3) is 0 Å². The van der Waals surface area contributed by atoms with E-state index in [2.05, 4.69) is 99.0 Å². The Hall–Kier alpha value is -2.70. The number of aliphatic hydroxyl groups is 2. The summed E-state index contributed by atoms with van der Waals surface area (Å²) in [6.45, 7) is 6.34. The number of unbranched alkanes of at least 4 members (excludes halogenated alkanes) is 24. The lowest BCUT2D eigenvalue weighted by atomic mass is 10.0. The first-order valence-electron chi connectivity index (χ1n) is 27.2. The van der Waals surface area contributed by atoms with Crippen molar-refractivity contribution in [1.82, 2.24) is 5.32 Å². The molecule has 3 unspecified atom stereocenters. The average Bonchev–Trinajstić information content (AvgIpc) is 3.29. The van der Waals surface area contributed by atoms with Crippen LogP contribution in [-0.4, -0.2) is 46.9 Å². The van der Waals surface area contributed by atoms with Gasteiger partial charge < -0.3 is 20.3 Å². The van der Waals surface area contributed by atoms with Crippen molar-refractivity contribution < 1.29 is 24.5 Å². The van der Waals surface area contributed by atoms with Gasteiger partial charge in [-0.3, -0.25) is 9.59 Å². The van der Waals surface area contributed by atoms with E-state index in [1.165, 1.54) is 96.3 Å². The lowest BCUT2D eigenvalue weighted by molar-refractivity contribution is -0.151. The Morgan fingerprint density at radius 3 is 1.31 bits per heavy atom. The number of esters is 1. The largest absolute Gasteiger partial charge is 0.462 e. The molecule has 0 aromatic heterocycles. The van der Waals surface area contributed by atoms with E-state index < -0.39 is 18.2 Å². The van der Waals surface area contributed by atoms with Crippen molar-refractivity contribution in [3.63, 3.8) is 0 Å². The molecular formula is C58H103NO5. The van der Waals surface area contributed by atoms with E-state index in [9.17, 15) is 19.8 Å². The first-order valence-corrected chi connectivity index (χ1v) is 27.2. The summed E-state index contributed by atoms with van der Waals surface area (Å²) in [6.07, 6.45) is 65.3. The van der Waals surface area contributed by atoms with Gasteiger partial charge in [-0.05, 0) is 96.3 Å². The predicted octanol–water partition coefficient (Wildman–Crippen LogP) is 16.6. The second-order valence-electron chi connectivity index (χ2n) is 18.2. The normalized spacial score (nSPS) is 13.8. The zero-order valence-corrected chi connectivity index (χ0v) is 42.1. The highest BCUT2D eigenvalue weighted by molar-refractivity contribution is 5.77. The minimum absolute atomic E-state index is 0.0512. The van der Waals surface area contributed by atoms with Crippen LogP contribution in [0.4, 0.5) is 0 Å². The number of nitrogens with one attached hydrogen (secondary N) is 1. The highest BCUT2D eigenvalue weighted by atomic mass is 16.5. The van der Waals surface area contributed by atoms with Crippen molar-refractivity contribution in [2.45, 2.75) is 277 Å². The van der Waals surface area contributed by atoms with E-state index in [0.717, 1.165) is 116 Å². The van der Waals surface area contributed by atoms with Crippen LogP contribution < -0.4 is 5.32 Å². The molecule has 1 amide bonds. The maximum atomic E-state index is 13.2. The van der Waals surface area contributed by atoms with Crippen molar-refractivity contribution in [3.8, 4) is 0 Å². The highest BCUT2D eigenvalue weighted by Gasteiger charge is 2.24. The van der Waals surface area contributed by atoms with Crippen LogP contribution >= 0.6 is 0 Å². The van der Waals surface area contributed by atoms with Gasteiger partial charge in [0.25, 0.3) is 0 Å². The first kappa shape index (κ1) is 61.3. The van der Waals surface area contributed by atoms with Crippen LogP contribution in [0.2, 0.25) is 0 Å². The average molecular weight is 894 g/mol. The Balaban J connectivity index is 4.64. The molecule has 3 atom stereocenters. The van der Waals surface area contributed by atoms with Gasteiger partial charge in [-0.15, -0.1) is 0 Å². The zero-order chi connectivity index (χ0) is 46.7. The molecule has 0 saturated carbocycles. The minimum atomic E-state index is -0.801. The monoisotopic (exact) mass is 894 g/mol. The van der Waals surface area contributed by atoms with Crippen LogP contribution in [0.1, 0.15) is 258 Å². The molecule has 0 saturated heterocycles. The molecule has 3 N–H and O–H groups in total. The van der Waals surface area contributed by atoms with Crippen molar-refractivity contribution in [1.29, 1.82) is 0 Å². The molecule has 0 fully saturated rings. The van der Waals surface area contributed by atoms with Gasteiger partial charge in [0, 0.05) is 6.42 Å². The summed E-state index contributed by atoms with van der Waals surface area (Å²) in [4.78, 5) is 26.2. The van der Waals surface area contributed by atoms with E-state index >= 15 is 0 Å². The molecule has 0 aliphatic carbocycles. The summed E-state index contributed by atoms with van der Waals surface area (Å²) in [5.74, 6) is -0.520. The molecule has 0 rings (SSSR count). The third-order valence-corrected chi connectivity index (χ3v) is 12.0. The SMILES string of the molecule is CC/C=C/C/C=C/C/C=C/CCCCCCC(CC(=O)NC(CO)C(O)CCCCCCCCCCCCCCCC)OC(=O)CCCCCC/C=C\C/C=C\C/C=C\CCCCC. The van der Waals surface area contributed by atoms with Crippen LogP contribution in [0.5, 0.6) is 0 Å². The Morgan fingerprint density at radius 2 is 0.844 bits per heavy atom. The zero-order valence-electron chi connectivity index (χ0n) is 42.1. The number of hydrogen-bond donors (Lipinski definition) is 3. The lowest BCUT2D eigenvalue weighted by Gasteiger charge is -2.24. The number of aliphatic hydroxyl groups excluding tert-OH is 2. The van der Waals surface area contributed by atoms with Gasteiger partial charge in [0.1, 0.15) is 6.10 Å². The fraction of sp³-hybridized carbons (Fsp3) is 0.759. The first-order chi connectivity index (χ1) is 31.5. The van der Waals surface area contributed by atoms with Crippen molar-refractivity contribution >= 4 is 11.9 Å². The molecule has 0 aromatic carbocycles. The van der Waals surface area contributed by atoms with Crippen LogP contribution in [0.3, 0.4) is 0 Å². The van der Waals surface area contributed by atoms with Gasteiger partial charge in [0.05, 0.1) is 25.2 Å². The molecule has 64 heavy (non-hydrogen) atoms. The summed E-state index contributed by atoms with van der Waals surface area (Å²) in [5.41, 5.74) is 0. The van der Waals surface area contributed by atoms with Gasteiger partial charge >= 0.3 is 5.97 Å². The Labute approximate surface area is 396 Å². The minimum Gasteiger partial charge on any atom is -0.462 e. The van der Waals surface area contributed by atoms with Crippen LogP contribution in [0, 0.1) is 0 Å². The van der Waals surface area contributed by atoms with Crippen molar-refractivity contribution in [2.24, 2.45) is 0 Å². The predicted molar refractivity (Wildman–Crippen MR) is 278 cm³/mol. The second kappa shape index (κ2) is 51.3. The summed E-state index contributed by atoms with van der Waals surface area (Å²) in [6, 6.07) is -0.717. The summed E-state index contributed by atoms with van der Waals surface area (Å²) in [7, 11) is 0. The van der Waals surface area contributed by atoms with Crippen molar-refractivity contribution in [2.75, 3.05) is 6.61 Å². The van der Waals surface area contributed by atoms with E-state index in [1.807, 2.05) is 0 Å². The molecule has 370 valence electrons. The standard InChI is InChI=1S/C58H103NO5/c1-4-7-10-13-16-19-22-25-28-29-30-33-36-39-42-45-48-51-58(63)64-54(49-46-43-40-37-34-31-26-23-20-17-14-11-8-5-2)52-57(62)59-55(53-60)56(61)50-47-44-41-38-35-32-27-24-21-18-15-12-9-6-3/h8,11,16-17,19-20,25-26,28,30-31,33,54-56,60-61H,4-7,9-10,12-15,18,21-24,27,29,32,34-53H2,1-3H3,(H,59,62)/b11-8+,19-16-,20-17+,28-25-,31-26+,33-30-. The highest BCUT2D eigenvalue weighted by Crippen LogP contribution is 2.17. The summed E-state index contributed by atoms with van der Waals surface area (Å²) < 4.78 is 5.93. The third-order valence-electron chi connectivity index (χ3n) is 12.0. The summed E-state index contributed by atoms with van der Waals surface area (Å²) in [5, 5.41) is 23.8. The molecular weight excluding hydrogens is 791 g/mol. The Kier molecular flexibility index (Phi) is 49.1. The number of allylic oxidation sites excluding steroid dienone is 12. The number of ether oxygens (including phenoxy) is 1. The topological polar surface area (TPSA) is 95.9 Å². The van der Waals surface area contributed by atoms with E-state index in [4.69, 9.17) is 4.74 Å². The maximum Gasteiger partial charge on any atom is 0.306 e. The van der Waals surface area contributed by atoms with Crippen molar-refractivity contribution in [3.05, 3.63) is 72.9 Å². The maximum absolute atomic E-state index is 13.2. The van der Waals surface area contributed by atoms with Crippen LogP contribution in [-0.2, 0) is 14.3 Å². The molecule has 0 bridgehead atoms. The van der Waals surface area contributed by atoms with Gasteiger partial charge in [-0.2, -0.15) is 0 Å². The Morgan fingerprint density at radius 1 is 0.469 bits per heavy atom. The fourth-order valence-corrected chi connectivity index (χ4v) is 7.92. The molecule has 0 aliphatic rings. The Bertz CT molecular complexity index is 1190. The molecule has 6 heteroatoms. The van der Waals surface area contributed by atoms with Gasteiger partial charge in [-0.25, -0.2) is 0 Å². The molecule has 0 aromatic rings. The quantitative estimate of drug-likeness (QED) is 0.0321. The summed E-state index contributed by atoms with van der Waals surface area (Å²) >= 11 is 0. The van der Waals surface area contributed by atoms with Gasteiger partial charge in [0.2, 0.25) is 5.91 Å². The molecule has 0 heterocycles. The number of carbonyl (C=O) groups excluding carboxylic acids is 2. The number of hydrogen-bond acceptors (Lipinski definition) is 5. The number of rotatable bonds is 48. The van der Waals surface area contributed by atoms with Crippen LogP contribution in [0.15, 0.2) is 72.9 Å².